The Balaban J connectivity index is 0. The molecular formula is C9H19NOSn. The molecule has 0 fully saturated rings. The van der Waals surface area contributed by atoms with E-state index in [2.05, 4.69) is 39.8 Å². The summed E-state index contributed by atoms with van der Waals surface area (Å²) < 4.78 is 1.31. The molecule has 0 saturated heterocycles. The minimum absolute atomic E-state index is 0.481. The van der Waals surface area contributed by atoms with E-state index in [0.717, 1.165) is 6.08 Å². The van der Waals surface area contributed by atoms with Crippen LogP contribution in [0.3, 0.4) is 0 Å². The van der Waals surface area contributed by atoms with Crippen molar-refractivity contribution < 1.29 is 4.79 Å². The number of primary amides is 1. The first-order chi connectivity index (χ1) is 5.33. The van der Waals surface area contributed by atoms with Crippen LogP contribution < -0.4 is 5.73 Å². The average molecular weight is 276 g/mol. The summed E-state index contributed by atoms with van der Waals surface area (Å²) in [4.78, 5) is 16.7. The summed E-state index contributed by atoms with van der Waals surface area (Å²) in [5.74, 6) is -0.481. The number of allylic oxidation sites excluding steroid dienone is 1. The van der Waals surface area contributed by atoms with Gasteiger partial charge >= 0.3 is 50.3 Å². The van der Waals surface area contributed by atoms with Gasteiger partial charge < -0.3 is 5.73 Å². The van der Waals surface area contributed by atoms with Gasteiger partial charge in [0, 0.05) is 0 Å². The van der Waals surface area contributed by atoms with Gasteiger partial charge in [-0.1, -0.05) is 6.58 Å². The molecule has 0 atom stereocenters. The predicted molar refractivity (Wildman–Crippen MR) is 57.7 cm³/mol. The second-order valence-electron chi connectivity index (χ2n) is 3.66. The second-order valence-corrected chi connectivity index (χ2v) is 19.4. The van der Waals surface area contributed by atoms with E-state index in [1.54, 1.807) is 0 Å². The molecule has 0 unspecified atom stereocenters. The van der Waals surface area contributed by atoms with Crippen molar-refractivity contribution in [3.8, 4) is 0 Å². The van der Waals surface area contributed by atoms with E-state index in [1.807, 2.05) is 0 Å². The first-order valence-corrected chi connectivity index (χ1v) is 14.4. The summed E-state index contributed by atoms with van der Waals surface area (Å²) in [6.45, 7) is 6.78. The van der Waals surface area contributed by atoms with Gasteiger partial charge in [-0.05, 0) is 6.08 Å². The summed E-state index contributed by atoms with van der Waals surface area (Å²) in [6.07, 6.45) is 3.11. The maximum atomic E-state index is 9.47. The normalized spacial score (nSPS) is 9.25. The van der Waals surface area contributed by atoms with Crippen molar-refractivity contribution in [2.24, 2.45) is 5.73 Å². The SMILES string of the molecule is C=CC(N)=O.C=C[CH2][Sn]([CH3])([CH3])[CH3]. The van der Waals surface area contributed by atoms with E-state index >= 15 is 0 Å². The van der Waals surface area contributed by atoms with Gasteiger partial charge in [0.05, 0.1) is 0 Å². The maximum absolute atomic E-state index is 9.47. The quantitative estimate of drug-likeness (QED) is 0.479. The zero-order valence-electron chi connectivity index (χ0n) is 8.26. The van der Waals surface area contributed by atoms with Gasteiger partial charge in [0.1, 0.15) is 0 Å². The molecule has 0 spiro atoms. The van der Waals surface area contributed by atoms with Crippen LogP contribution in [-0.2, 0) is 4.79 Å². The molecule has 12 heavy (non-hydrogen) atoms. The van der Waals surface area contributed by atoms with E-state index in [0.29, 0.717) is 0 Å². The summed E-state index contributed by atoms with van der Waals surface area (Å²) in [7, 11) is 0. The van der Waals surface area contributed by atoms with Crippen molar-refractivity contribution >= 4 is 24.3 Å². The molecule has 2 N–H and O–H groups in total. The number of hydrogen-bond acceptors (Lipinski definition) is 1. The molecule has 0 rings (SSSR count). The Kier molecular flexibility index (Phi) is 8.81. The fourth-order valence-corrected chi connectivity index (χ4v) is 2.90. The number of amides is 1. The number of hydrogen-bond donors (Lipinski definition) is 1. The summed E-state index contributed by atoms with van der Waals surface area (Å²) in [5, 5.41) is 0. The van der Waals surface area contributed by atoms with E-state index in [4.69, 9.17) is 0 Å². The van der Waals surface area contributed by atoms with Gasteiger partial charge in [-0.2, -0.15) is 0 Å². The first kappa shape index (κ1) is 14.3. The molecule has 0 radical (unpaired) electrons. The molecule has 0 aromatic rings. The van der Waals surface area contributed by atoms with Gasteiger partial charge in [0.15, 0.2) is 0 Å². The number of nitrogens with two attached hydrogens (primary N) is 1. The summed E-state index contributed by atoms with van der Waals surface area (Å²) >= 11 is -1.39. The van der Waals surface area contributed by atoms with Crippen LogP contribution in [0.15, 0.2) is 25.3 Å². The van der Waals surface area contributed by atoms with Crippen molar-refractivity contribution in [3.05, 3.63) is 25.3 Å². The number of carbonyl (C=O) groups excluding carboxylic acids is 1. The van der Waals surface area contributed by atoms with Gasteiger partial charge in [-0.15, -0.1) is 0 Å². The van der Waals surface area contributed by atoms with Gasteiger partial charge in [-0.25, -0.2) is 0 Å². The molecule has 3 heteroatoms. The predicted octanol–water partition coefficient (Wildman–Crippen LogP) is 2.17. The van der Waals surface area contributed by atoms with E-state index in [1.165, 1.54) is 4.44 Å². The van der Waals surface area contributed by atoms with Crippen molar-refractivity contribution in [2.75, 3.05) is 0 Å². The Hall–Kier alpha value is -0.251. The van der Waals surface area contributed by atoms with E-state index in [9.17, 15) is 4.79 Å². The zero-order chi connectivity index (χ0) is 10.2. The third kappa shape index (κ3) is 22.6. The van der Waals surface area contributed by atoms with Crippen molar-refractivity contribution in [1.29, 1.82) is 0 Å². The molecule has 0 bridgehead atoms. The standard InChI is InChI=1S/C3H5NO.C3H5.3CH3.Sn/c1-2-3(4)5;1-3-2;;;;/h2H,1H2,(H2,4,5);3H,1-2H2;3*1H3;. The minimum atomic E-state index is -1.39. The molecule has 2 nitrogen and oxygen atoms in total. The van der Waals surface area contributed by atoms with Crippen LogP contribution >= 0.6 is 0 Å². The molecule has 1 amide bonds. The number of rotatable bonds is 3. The van der Waals surface area contributed by atoms with Crippen molar-refractivity contribution in [3.63, 3.8) is 0 Å². The molecule has 0 saturated carbocycles. The fourth-order valence-electron chi connectivity index (χ4n) is 0.433. The van der Waals surface area contributed by atoms with Gasteiger partial charge in [0.2, 0.25) is 5.91 Å². The molecule has 0 aromatic carbocycles. The molecule has 0 aliphatic rings. The van der Waals surface area contributed by atoms with Crippen LogP contribution in [0.1, 0.15) is 0 Å². The number of carbonyl (C=O) groups is 1. The van der Waals surface area contributed by atoms with Crippen LogP contribution in [0.25, 0.3) is 0 Å². The first-order valence-electron chi connectivity index (χ1n) is 3.86. The van der Waals surface area contributed by atoms with E-state index in [-0.39, 0.29) is 0 Å². The molecule has 70 valence electrons. The summed E-state index contributed by atoms with van der Waals surface area (Å²) in [6, 6.07) is 0. The third-order valence-electron chi connectivity index (χ3n) is 0.958. The zero-order valence-corrected chi connectivity index (χ0v) is 11.1. The monoisotopic (exact) mass is 277 g/mol. The van der Waals surface area contributed by atoms with Crippen LogP contribution in [-0.4, -0.2) is 24.3 Å². The molecule has 0 aliphatic heterocycles. The Morgan fingerprint density at radius 1 is 1.42 bits per heavy atom. The Bertz CT molecular complexity index is 158. The van der Waals surface area contributed by atoms with Gasteiger partial charge in [-0.3, -0.25) is 4.79 Å². The fraction of sp³-hybridized carbons (Fsp3) is 0.444. The van der Waals surface area contributed by atoms with Crippen LogP contribution in [0.4, 0.5) is 0 Å². The van der Waals surface area contributed by atoms with Crippen LogP contribution in [0.2, 0.25) is 19.3 Å². The third-order valence-corrected chi connectivity index (χ3v) is 5.28. The van der Waals surface area contributed by atoms with Gasteiger partial charge in [0.25, 0.3) is 0 Å². The van der Waals surface area contributed by atoms with Crippen LogP contribution in [0.5, 0.6) is 0 Å². The molecule has 0 aromatic heterocycles. The van der Waals surface area contributed by atoms with E-state index < -0.39 is 24.3 Å². The molecule has 0 aliphatic carbocycles. The Labute approximate surface area is 79.4 Å². The Morgan fingerprint density at radius 3 is 1.75 bits per heavy atom. The second kappa shape index (κ2) is 7.40. The van der Waals surface area contributed by atoms with Crippen LogP contribution in [0, 0.1) is 0 Å². The molecular weight excluding hydrogens is 257 g/mol. The van der Waals surface area contributed by atoms with Crippen molar-refractivity contribution in [1.82, 2.24) is 0 Å². The molecule has 0 heterocycles. The summed E-state index contributed by atoms with van der Waals surface area (Å²) in [5.41, 5.74) is 4.53. The van der Waals surface area contributed by atoms with Crippen molar-refractivity contribution in [2.45, 2.75) is 19.3 Å². The topological polar surface area (TPSA) is 43.1 Å². The average Bonchev–Trinajstić information content (AvgIpc) is 1.86. The Morgan fingerprint density at radius 2 is 1.75 bits per heavy atom.